The van der Waals surface area contributed by atoms with Gasteiger partial charge >= 0.3 is 0 Å². The number of halogens is 1. The zero-order chi connectivity index (χ0) is 15.2. The lowest BCUT2D eigenvalue weighted by atomic mass is 10.1. The van der Waals surface area contributed by atoms with Crippen molar-refractivity contribution in [3.8, 4) is 11.8 Å². The van der Waals surface area contributed by atoms with Crippen molar-refractivity contribution in [2.75, 3.05) is 26.8 Å². The minimum absolute atomic E-state index is 0.0547. The predicted octanol–water partition coefficient (Wildman–Crippen LogP) is 1.42. The van der Waals surface area contributed by atoms with Crippen LogP contribution in [0.3, 0.4) is 0 Å². The standard InChI is InChI=1S/C16H18FNO3/c1-21-14-7-8-18(11-14)16(20)13-6-5-12(15(17)10-13)4-2-3-9-19/h5-6,10,14,19H,3,7-9,11H2,1H3. The van der Waals surface area contributed by atoms with Gasteiger partial charge in [-0.2, -0.15) is 0 Å². The normalized spacial score (nSPS) is 17.5. The van der Waals surface area contributed by atoms with Crippen LogP contribution >= 0.6 is 0 Å². The van der Waals surface area contributed by atoms with E-state index in [1.54, 1.807) is 18.1 Å². The molecule has 112 valence electrons. The van der Waals surface area contributed by atoms with E-state index in [2.05, 4.69) is 11.8 Å². The first-order valence-corrected chi connectivity index (χ1v) is 6.87. The number of aliphatic hydroxyl groups excluding tert-OH is 1. The molecule has 1 aromatic carbocycles. The van der Waals surface area contributed by atoms with Gasteiger partial charge in [-0.3, -0.25) is 4.79 Å². The molecular formula is C16H18FNO3. The van der Waals surface area contributed by atoms with E-state index in [0.29, 0.717) is 25.1 Å². The molecule has 0 spiro atoms. The molecule has 1 fully saturated rings. The van der Waals surface area contributed by atoms with Gasteiger partial charge in [-0.25, -0.2) is 4.39 Å². The van der Waals surface area contributed by atoms with Crippen LogP contribution in [0, 0.1) is 17.7 Å². The average molecular weight is 291 g/mol. The lowest BCUT2D eigenvalue weighted by Crippen LogP contribution is -2.30. The van der Waals surface area contributed by atoms with E-state index in [4.69, 9.17) is 9.84 Å². The molecule has 0 bridgehead atoms. The van der Waals surface area contributed by atoms with Gasteiger partial charge in [0.05, 0.1) is 18.3 Å². The van der Waals surface area contributed by atoms with Crippen molar-refractivity contribution in [3.63, 3.8) is 0 Å². The number of ether oxygens (including phenoxy) is 1. The molecule has 1 unspecified atom stereocenters. The van der Waals surface area contributed by atoms with Crippen LogP contribution < -0.4 is 0 Å². The van der Waals surface area contributed by atoms with Gasteiger partial charge < -0.3 is 14.7 Å². The molecule has 2 rings (SSSR count). The van der Waals surface area contributed by atoms with Crippen LogP contribution in [0.5, 0.6) is 0 Å². The molecule has 1 aliphatic rings. The monoisotopic (exact) mass is 291 g/mol. The number of hydrogen-bond donors (Lipinski definition) is 1. The second-order valence-electron chi connectivity index (χ2n) is 4.87. The zero-order valence-electron chi connectivity index (χ0n) is 11.9. The molecule has 4 nitrogen and oxygen atoms in total. The smallest absolute Gasteiger partial charge is 0.254 e. The van der Waals surface area contributed by atoms with Gasteiger partial charge in [-0.1, -0.05) is 11.8 Å². The first kappa shape index (κ1) is 15.5. The van der Waals surface area contributed by atoms with Crippen LogP contribution in [0.25, 0.3) is 0 Å². The molecule has 21 heavy (non-hydrogen) atoms. The van der Waals surface area contributed by atoms with Gasteiger partial charge in [0.2, 0.25) is 0 Å². The second-order valence-corrected chi connectivity index (χ2v) is 4.87. The number of methoxy groups -OCH3 is 1. The van der Waals surface area contributed by atoms with E-state index >= 15 is 0 Å². The topological polar surface area (TPSA) is 49.8 Å². The molecular weight excluding hydrogens is 273 g/mol. The summed E-state index contributed by atoms with van der Waals surface area (Å²) in [6, 6.07) is 4.29. The van der Waals surface area contributed by atoms with Gasteiger partial charge in [0.25, 0.3) is 5.91 Å². The van der Waals surface area contributed by atoms with Crippen molar-refractivity contribution in [1.82, 2.24) is 4.90 Å². The molecule has 0 radical (unpaired) electrons. The van der Waals surface area contributed by atoms with Crippen LogP contribution in [0.1, 0.15) is 28.8 Å². The van der Waals surface area contributed by atoms with Crippen molar-refractivity contribution < 1.29 is 19.0 Å². The van der Waals surface area contributed by atoms with E-state index in [9.17, 15) is 9.18 Å². The second kappa shape index (κ2) is 7.21. The number of carbonyl (C=O) groups excluding carboxylic acids is 1. The summed E-state index contributed by atoms with van der Waals surface area (Å²) >= 11 is 0. The summed E-state index contributed by atoms with van der Waals surface area (Å²) in [4.78, 5) is 13.9. The molecule has 0 aromatic heterocycles. The Labute approximate surface area is 123 Å². The van der Waals surface area contributed by atoms with E-state index in [1.165, 1.54) is 12.1 Å². The van der Waals surface area contributed by atoms with Gasteiger partial charge in [0, 0.05) is 32.2 Å². The van der Waals surface area contributed by atoms with Crippen LogP contribution in [0.15, 0.2) is 18.2 Å². The zero-order valence-corrected chi connectivity index (χ0v) is 11.9. The predicted molar refractivity (Wildman–Crippen MR) is 76.3 cm³/mol. The van der Waals surface area contributed by atoms with Crippen molar-refractivity contribution in [3.05, 3.63) is 35.1 Å². The van der Waals surface area contributed by atoms with Crippen molar-refractivity contribution in [2.24, 2.45) is 0 Å². The number of benzene rings is 1. The Morgan fingerprint density at radius 3 is 3.00 bits per heavy atom. The molecule has 1 amide bonds. The molecule has 1 aliphatic heterocycles. The number of rotatable bonds is 3. The molecule has 1 heterocycles. The SMILES string of the molecule is COC1CCN(C(=O)c2ccc(C#CCCO)c(F)c2)C1. The van der Waals surface area contributed by atoms with Crippen LogP contribution in [-0.4, -0.2) is 48.8 Å². The minimum Gasteiger partial charge on any atom is -0.395 e. The Balaban J connectivity index is 2.10. The Kier molecular flexibility index (Phi) is 5.32. The Bertz CT molecular complexity index is 577. The lowest BCUT2D eigenvalue weighted by Gasteiger charge is -2.16. The maximum Gasteiger partial charge on any atom is 0.254 e. The highest BCUT2D eigenvalue weighted by Gasteiger charge is 2.27. The van der Waals surface area contributed by atoms with Crippen LogP contribution in [0.4, 0.5) is 4.39 Å². The number of aliphatic hydroxyl groups is 1. The molecule has 1 N–H and O–H groups in total. The fourth-order valence-corrected chi connectivity index (χ4v) is 2.25. The van der Waals surface area contributed by atoms with E-state index < -0.39 is 5.82 Å². The minimum atomic E-state index is -0.520. The maximum atomic E-state index is 13.9. The van der Waals surface area contributed by atoms with Crippen molar-refractivity contribution >= 4 is 5.91 Å². The number of amides is 1. The first-order valence-electron chi connectivity index (χ1n) is 6.87. The average Bonchev–Trinajstić information content (AvgIpc) is 2.97. The molecule has 1 atom stereocenters. The molecule has 0 aliphatic carbocycles. The summed E-state index contributed by atoms with van der Waals surface area (Å²) in [6.45, 7) is 1.10. The molecule has 1 aromatic rings. The van der Waals surface area contributed by atoms with E-state index in [1.807, 2.05) is 0 Å². The summed E-state index contributed by atoms with van der Waals surface area (Å²) in [5.74, 6) is 4.58. The quantitative estimate of drug-likeness (QED) is 0.857. The number of carbonyl (C=O) groups is 1. The summed E-state index contributed by atoms with van der Waals surface area (Å²) in [7, 11) is 1.62. The lowest BCUT2D eigenvalue weighted by molar-refractivity contribution is 0.0724. The third-order valence-corrected chi connectivity index (χ3v) is 3.44. The molecule has 0 saturated carbocycles. The van der Waals surface area contributed by atoms with Gasteiger partial charge in [-0.05, 0) is 24.6 Å². The Hall–Kier alpha value is -1.90. The highest BCUT2D eigenvalue weighted by atomic mass is 19.1. The number of nitrogens with zero attached hydrogens (tertiary/aromatic N) is 1. The first-order chi connectivity index (χ1) is 10.2. The summed E-state index contributed by atoms with van der Waals surface area (Å²) in [5, 5.41) is 8.64. The van der Waals surface area contributed by atoms with Gasteiger partial charge in [0.15, 0.2) is 0 Å². The van der Waals surface area contributed by atoms with Crippen LogP contribution in [-0.2, 0) is 4.74 Å². The fourth-order valence-electron chi connectivity index (χ4n) is 2.25. The highest BCUT2D eigenvalue weighted by Crippen LogP contribution is 2.17. The Morgan fingerprint density at radius 1 is 1.57 bits per heavy atom. The van der Waals surface area contributed by atoms with E-state index in [0.717, 1.165) is 6.42 Å². The van der Waals surface area contributed by atoms with Crippen LogP contribution in [0.2, 0.25) is 0 Å². The van der Waals surface area contributed by atoms with E-state index in [-0.39, 0.29) is 24.2 Å². The number of hydrogen-bond acceptors (Lipinski definition) is 3. The maximum absolute atomic E-state index is 13.9. The van der Waals surface area contributed by atoms with Crippen molar-refractivity contribution in [2.45, 2.75) is 18.9 Å². The summed E-state index contributed by atoms with van der Waals surface area (Å²) in [6.07, 6.45) is 1.16. The Morgan fingerprint density at radius 2 is 2.38 bits per heavy atom. The fraction of sp³-hybridized carbons (Fsp3) is 0.438. The summed E-state index contributed by atoms with van der Waals surface area (Å²) in [5.41, 5.74) is 0.549. The third kappa shape index (κ3) is 3.81. The summed E-state index contributed by atoms with van der Waals surface area (Å²) < 4.78 is 19.1. The number of likely N-dealkylation sites (tertiary alicyclic amines) is 1. The van der Waals surface area contributed by atoms with Gasteiger partial charge in [-0.15, -0.1) is 0 Å². The third-order valence-electron chi connectivity index (χ3n) is 3.44. The molecule has 5 heteroatoms. The molecule has 1 saturated heterocycles. The highest BCUT2D eigenvalue weighted by molar-refractivity contribution is 5.94. The van der Waals surface area contributed by atoms with Gasteiger partial charge in [0.1, 0.15) is 5.82 Å². The largest absolute Gasteiger partial charge is 0.395 e. The van der Waals surface area contributed by atoms with Crippen molar-refractivity contribution in [1.29, 1.82) is 0 Å².